The molecule has 0 bridgehead atoms. The number of imidazole rings is 1. The Bertz CT molecular complexity index is 1370. The summed E-state index contributed by atoms with van der Waals surface area (Å²) in [6, 6.07) is 14.2. The summed E-state index contributed by atoms with van der Waals surface area (Å²) in [7, 11) is 1.66. The van der Waals surface area contributed by atoms with Crippen LogP contribution in [-0.2, 0) is 12.1 Å². The van der Waals surface area contributed by atoms with Crippen molar-refractivity contribution in [3.63, 3.8) is 0 Å². The first-order valence-corrected chi connectivity index (χ1v) is 12.0. The van der Waals surface area contributed by atoms with E-state index in [4.69, 9.17) is 9.72 Å². The Morgan fingerprint density at radius 1 is 1.11 bits per heavy atom. The van der Waals surface area contributed by atoms with Crippen molar-refractivity contribution in [3.8, 4) is 11.4 Å². The number of hydrogen-bond acceptors (Lipinski definition) is 5. The summed E-state index contributed by atoms with van der Waals surface area (Å²) in [5.41, 5.74) is 3.82. The monoisotopic (exact) mass is 469 g/mol. The molecule has 7 heteroatoms. The highest BCUT2D eigenvalue weighted by Crippen LogP contribution is 2.37. The van der Waals surface area contributed by atoms with Crippen LogP contribution in [-0.4, -0.2) is 36.5 Å². The van der Waals surface area contributed by atoms with Crippen LogP contribution >= 0.6 is 0 Å². The third-order valence-electron chi connectivity index (χ3n) is 6.64. The van der Waals surface area contributed by atoms with Crippen LogP contribution in [0.1, 0.15) is 66.6 Å². The molecule has 1 aliphatic rings. The standard InChI is InChI=1S/C28H31N5O2/c1-19(2)22-8-10-23(11-9-22)28(34)14-5-15-33-27(28)30-26(31-33)13-7-21-6-12-24(25(16-21)35-4)32-17-20(3)29-18-32/h6-13,16-19,34H,5,14-15H2,1-4H3/t28-/m1/s1. The van der Waals surface area contributed by atoms with Gasteiger partial charge < -0.3 is 14.4 Å². The zero-order chi connectivity index (χ0) is 24.6. The van der Waals surface area contributed by atoms with Gasteiger partial charge in [0.1, 0.15) is 11.4 Å². The van der Waals surface area contributed by atoms with Crippen molar-refractivity contribution in [2.24, 2.45) is 0 Å². The van der Waals surface area contributed by atoms with Gasteiger partial charge in [0.15, 0.2) is 11.6 Å². The molecule has 0 unspecified atom stereocenters. The summed E-state index contributed by atoms with van der Waals surface area (Å²) in [4.78, 5) is 9.03. The molecular weight excluding hydrogens is 438 g/mol. The van der Waals surface area contributed by atoms with Gasteiger partial charge in [0.25, 0.3) is 0 Å². The molecule has 0 fully saturated rings. The van der Waals surface area contributed by atoms with Gasteiger partial charge in [-0.3, -0.25) is 0 Å². The second-order valence-electron chi connectivity index (χ2n) is 9.44. The lowest BCUT2D eigenvalue weighted by molar-refractivity contribution is 0.0395. The fourth-order valence-electron chi connectivity index (χ4n) is 4.64. The molecule has 2 aromatic carbocycles. The molecule has 0 amide bonds. The summed E-state index contributed by atoms with van der Waals surface area (Å²) >= 11 is 0. The van der Waals surface area contributed by atoms with Gasteiger partial charge in [-0.15, -0.1) is 0 Å². The fourth-order valence-corrected chi connectivity index (χ4v) is 4.64. The van der Waals surface area contributed by atoms with E-state index in [1.54, 1.807) is 13.4 Å². The molecule has 5 rings (SSSR count). The Morgan fingerprint density at radius 2 is 1.91 bits per heavy atom. The number of aryl methyl sites for hydroxylation is 2. The van der Waals surface area contributed by atoms with Crippen LogP contribution < -0.4 is 4.74 Å². The Morgan fingerprint density at radius 3 is 2.60 bits per heavy atom. The first-order valence-electron chi connectivity index (χ1n) is 12.0. The molecule has 0 saturated carbocycles. The first-order chi connectivity index (χ1) is 16.9. The number of hydrogen-bond donors (Lipinski definition) is 1. The Kier molecular flexibility index (Phi) is 6.03. The highest BCUT2D eigenvalue weighted by molar-refractivity contribution is 5.69. The maximum Gasteiger partial charge on any atom is 0.174 e. The van der Waals surface area contributed by atoms with Crippen molar-refractivity contribution in [2.75, 3.05) is 7.11 Å². The van der Waals surface area contributed by atoms with E-state index in [-0.39, 0.29) is 0 Å². The van der Waals surface area contributed by atoms with Crippen LogP contribution in [0.15, 0.2) is 55.0 Å². The third kappa shape index (κ3) is 4.39. The Hall–Kier alpha value is -3.71. The minimum absolute atomic E-state index is 0.446. The molecule has 0 radical (unpaired) electrons. The third-order valence-corrected chi connectivity index (χ3v) is 6.64. The lowest BCUT2D eigenvalue weighted by atomic mass is 9.85. The van der Waals surface area contributed by atoms with E-state index in [9.17, 15) is 5.11 Å². The van der Waals surface area contributed by atoms with Gasteiger partial charge in [0, 0.05) is 12.7 Å². The number of nitrogens with zero attached hydrogens (tertiary/aromatic N) is 5. The van der Waals surface area contributed by atoms with Gasteiger partial charge in [0.05, 0.1) is 24.8 Å². The molecule has 3 heterocycles. The van der Waals surface area contributed by atoms with Crippen molar-refractivity contribution in [2.45, 2.75) is 51.7 Å². The quantitative estimate of drug-likeness (QED) is 0.425. The molecule has 1 N–H and O–H groups in total. The van der Waals surface area contributed by atoms with E-state index < -0.39 is 5.60 Å². The maximum absolute atomic E-state index is 11.7. The van der Waals surface area contributed by atoms with E-state index in [0.717, 1.165) is 41.2 Å². The largest absolute Gasteiger partial charge is 0.495 e. The van der Waals surface area contributed by atoms with Crippen LogP contribution in [0, 0.1) is 6.92 Å². The second-order valence-corrected chi connectivity index (χ2v) is 9.44. The van der Waals surface area contributed by atoms with Crippen molar-refractivity contribution in [3.05, 3.63) is 89.0 Å². The molecule has 2 aromatic heterocycles. The summed E-state index contributed by atoms with van der Waals surface area (Å²) < 4.78 is 9.40. The molecular formula is C28H31N5O2. The van der Waals surface area contributed by atoms with E-state index >= 15 is 0 Å². The van der Waals surface area contributed by atoms with Crippen LogP contribution in [0.4, 0.5) is 0 Å². The number of rotatable bonds is 6. The smallest absolute Gasteiger partial charge is 0.174 e. The lowest BCUT2D eigenvalue weighted by Gasteiger charge is -2.32. The van der Waals surface area contributed by atoms with Crippen molar-refractivity contribution in [1.29, 1.82) is 0 Å². The number of fused-ring (bicyclic) bond motifs is 1. The average molecular weight is 470 g/mol. The van der Waals surface area contributed by atoms with Crippen molar-refractivity contribution in [1.82, 2.24) is 24.3 Å². The summed E-state index contributed by atoms with van der Waals surface area (Å²) in [6.07, 6.45) is 9.05. The number of aliphatic hydroxyl groups is 1. The number of benzene rings is 2. The van der Waals surface area contributed by atoms with Crippen molar-refractivity contribution < 1.29 is 9.84 Å². The summed E-state index contributed by atoms with van der Waals surface area (Å²) in [6.45, 7) is 7.04. The number of ether oxygens (including phenoxy) is 1. The van der Waals surface area contributed by atoms with E-state index in [0.29, 0.717) is 24.0 Å². The summed E-state index contributed by atoms with van der Waals surface area (Å²) in [5, 5.41) is 16.3. The Balaban J connectivity index is 1.42. The molecule has 180 valence electrons. The van der Waals surface area contributed by atoms with E-state index in [2.05, 4.69) is 36.1 Å². The second kappa shape index (κ2) is 9.15. The number of methoxy groups -OCH3 is 1. The van der Waals surface area contributed by atoms with Gasteiger partial charge >= 0.3 is 0 Å². The van der Waals surface area contributed by atoms with Crippen LogP contribution in [0.5, 0.6) is 5.75 Å². The lowest BCUT2D eigenvalue weighted by Crippen LogP contribution is -2.35. The first kappa shape index (κ1) is 23.1. The van der Waals surface area contributed by atoms with Crippen LogP contribution in [0.3, 0.4) is 0 Å². The topological polar surface area (TPSA) is 78.0 Å². The van der Waals surface area contributed by atoms with Crippen LogP contribution in [0.2, 0.25) is 0 Å². The van der Waals surface area contributed by atoms with Gasteiger partial charge in [-0.25, -0.2) is 14.6 Å². The molecule has 1 atom stereocenters. The maximum atomic E-state index is 11.7. The zero-order valence-electron chi connectivity index (χ0n) is 20.6. The van der Waals surface area contributed by atoms with Gasteiger partial charge in [-0.1, -0.05) is 50.3 Å². The minimum atomic E-state index is -1.14. The van der Waals surface area contributed by atoms with Gasteiger partial charge in [0.2, 0.25) is 0 Å². The molecule has 0 spiro atoms. The summed E-state index contributed by atoms with van der Waals surface area (Å²) in [5.74, 6) is 2.37. The Labute approximate surface area is 205 Å². The van der Waals surface area contributed by atoms with Crippen molar-refractivity contribution >= 4 is 12.2 Å². The van der Waals surface area contributed by atoms with E-state index in [1.165, 1.54) is 5.56 Å². The predicted octanol–water partition coefficient (Wildman–Crippen LogP) is 5.10. The highest BCUT2D eigenvalue weighted by atomic mass is 16.5. The fraction of sp³-hybridized carbons (Fsp3) is 0.321. The van der Waals surface area contributed by atoms with Gasteiger partial charge in [-0.05, 0) is 60.6 Å². The molecule has 4 aromatic rings. The highest BCUT2D eigenvalue weighted by Gasteiger charge is 2.39. The average Bonchev–Trinajstić information content (AvgIpc) is 3.49. The SMILES string of the molecule is COc1cc(C=Cc2nc3n(n2)CCC[C@@]3(O)c2ccc(C(C)C)cc2)ccc1-n1cnc(C)c1. The predicted molar refractivity (Wildman–Crippen MR) is 137 cm³/mol. The minimum Gasteiger partial charge on any atom is -0.495 e. The normalized spacial score (nSPS) is 17.8. The van der Waals surface area contributed by atoms with Gasteiger partial charge in [-0.2, -0.15) is 5.10 Å². The molecule has 0 aliphatic carbocycles. The molecule has 0 saturated heterocycles. The van der Waals surface area contributed by atoms with Crippen LogP contribution in [0.25, 0.3) is 17.8 Å². The molecule has 35 heavy (non-hydrogen) atoms. The zero-order valence-corrected chi connectivity index (χ0v) is 20.6. The molecule has 7 nitrogen and oxygen atoms in total. The van der Waals surface area contributed by atoms with E-state index in [1.807, 2.05) is 64.9 Å². The number of aromatic nitrogens is 5. The molecule has 1 aliphatic heterocycles.